The first-order valence-corrected chi connectivity index (χ1v) is 10.1. The first kappa shape index (κ1) is 19.2. The van der Waals surface area contributed by atoms with Gasteiger partial charge < -0.3 is 10.1 Å². The van der Waals surface area contributed by atoms with Crippen LogP contribution in [0.2, 0.25) is 0 Å². The first-order chi connectivity index (χ1) is 11.5. The number of methoxy groups -OCH3 is 1. The van der Waals surface area contributed by atoms with E-state index in [4.69, 9.17) is 4.74 Å². The van der Waals surface area contributed by atoms with Crippen molar-refractivity contribution in [3.63, 3.8) is 0 Å². The molecule has 7 nitrogen and oxygen atoms in total. The fourth-order valence-corrected chi connectivity index (χ4v) is 3.41. The van der Waals surface area contributed by atoms with Crippen molar-refractivity contribution in [2.45, 2.75) is 26.2 Å². The van der Waals surface area contributed by atoms with E-state index in [2.05, 4.69) is 15.0 Å². The van der Waals surface area contributed by atoms with Crippen LogP contribution in [0, 0.1) is 0 Å². The number of carbonyl (C=O) groups is 1. The van der Waals surface area contributed by atoms with E-state index in [9.17, 15) is 13.2 Å². The number of nitrogens with one attached hydrogen (secondary N) is 2. The van der Waals surface area contributed by atoms with E-state index in [0.29, 0.717) is 22.0 Å². The van der Waals surface area contributed by atoms with Crippen molar-refractivity contribution >= 4 is 38.6 Å². The van der Waals surface area contributed by atoms with Crippen molar-refractivity contribution < 1.29 is 17.9 Å². The molecule has 0 spiro atoms. The summed E-state index contributed by atoms with van der Waals surface area (Å²) in [6, 6.07) is 4.68. The average Bonchev–Trinajstić information content (AvgIpc) is 2.97. The summed E-state index contributed by atoms with van der Waals surface area (Å²) in [6.45, 7) is 6.10. The van der Waals surface area contributed by atoms with Crippen LogP contribution < -0.4 is 14.8 Å². The number of sulfonamides is 1. The van der Waals surface area contributed by atoms with E-state index < -0.39 is 10.0 Å². The minimum absolute atomic E-state index is 0.120. The zero-order chi connectivity index (χ0) is 18.8. The SMILES string of the molecule is COc1cc(NC(=O)c2cnc(C(C)(C)C)s2)ccc1NS(C)(=O)=O. The number of hydrogen-bond donors (Lipinski definition) is 2. The Labute approximate surface area is 151 Å². The number of nitrogens with zero attached hydrogens (tertiary/aromatic N) is 1. The van der Waals surface area contributed by atoms with Crippen molar-refractivity contribution in [3.05, 3.63) is 34.3 Å². The normalized spacial score (nSPS) is 11.9. The summed E-state index contributed by atoms with van der Waals surface area (Å²) in [5.41, 5.74) is 0.674. The van der Waals surface area contributed by atoms with Crippen molar-refractivity contribution in [2.75, 3.05) is 23.4 Å². The van der Waals surface area contributed by atoms with Gasteiger partial charge in [0.1, 0.15) is 10.6 Å². The molecular formula is C16H21N3O4S2. The Morgan fingerprint density at radius 1 is 1.28 bits per heavy atom. The van der Waals surface area contributed by atoms with E-state index >= 15 is 0 Å². The molecule has 1 amide bonds. The molecule has 0 radical (unpaired) electrons. The van der Waals surface area contributed by atoms with E-state index in [1.54, 1.807) is 18.3 Å². The first-order valence-electron chi connectivity index (χ1n) is 7.43. The van der Waals surface area contributed by atoms with Gasteiger partial charge in [-0.3, -0.25) is 9.52 Å². The Morgan fingerprint density at radius 2 is 1.96 bits per heavy atom. The van der Waals surface area contributed by atoms with E-state index in [-0.39, 0.29) is 11.3 Å². The lowest BCUT2D eigenvalue weighted by Crippen LogP contribution is -2.12. The molecule has 0 aliphatic heterocycles. The minimum Gasteiger partial charge on any atom is -0.494 e. The van der Waals surface area contributed by atoms with Crippen LogP contribution in [-0.2, 0) is 15.4 Å². The van der Waals surface area contributed by atoms with Crippen molar-refractivity contribution in [3.8, 4) is 5.75 Å². The minimum atomic E-state index is -3.42. The van der Waals surface area contributed by atoms with Crippen LogP contribution in [0.25, 0.3) is 0 Å². The average molecular weight is 383 g/mol. The molecule has 1 aromatic carbocycles. The predicted molar refractivity (Wildman–Crippen MR) is 100 cm³/mol. The number of thiazole rings is 1. The third-order valence-corrected chi connectivity index (χ3v) is 5.14. The van der Waals surface area contributed by atoms with Crippen LogP contribution in [0.15, 0.2) is 24.4 Å². The van der Waals surface area contributed by atoms with Crippen LogP contribution >= 0.6 is 11.3 Å². The number of hydrogen-bond acceptors (Lipinski definition) is 6. The molecule has 25 heavy (non-hydrogen) atoms. The predicted octanol–water partition coefficient (Wildman–Crippen LogP) is 3.07. The Bertz CT molecular complexity index is 883. The molecule has 0 atom stereocenters. The van der Waals surface area contributed by atoms with Gasteiger partial charge in [0.2, 0.25) is 10.0 Å². The third-order valence-electron chi connectivity index (χ3n) is 3.13. The summed E-state index contributed by atoms with van der Waals surface area (Å²) >= 11 is 1.34. The number of rotatable bonds is 5. The topological polar surface area (TPSA) is 97.4 Å². The molecule has 1 aromatic heterocycles. The lowest BCUT2D eigenvalue weighted by molar-refractivity contribution is 0.103. The highest BCUT2D eigenvalue weighted by atomic mass is 32.2. The van der Waals surface area contributed by atoms with Crippen LogP contribution in [0.1, 0.15) is 35.5 Å². The molecule has 0 fully saturated rings. The number of ether oxygens (including phenoxy) is 1. The van der Waals surface area contributed by atoms with E-state index in [1.807, 2.05) is 20.8 Å². The third kappa shape index (κ3) is 5.17. The Morgan fingerprint density at radius 3 is 2.48 bits per heavy atom. The molecule has 1 heterocycles. The van der Waals surface area contributed by atoms with Gasteiger partial charge in [0, 0.05) is 17.2 Å². The van der Waals surface area contributed by atoms with Gasteiger partial charge in [-0.05, 0) is 12.1 Å². The summed E-state index contributed by atoms with van der Waals surface area (Å²) in [7, 11) is -2.00. The molecule has 0 saturated carbocycles. The van der Waals surface area contributed by atoms with Crippen molar-refractivity contribution in [2.24, 2.45) is 0 Å². The Kier molecular flexibility index (Phi) is 5.38. The van der Waals surface area contributed by atoms with Gasteiger partial charge in [-0.2, -0.15) is 0 Å². The van der Waals surface area contributed by atoms with Gasteiger partial charge in [0.15, 0.2) is 0 Å². The molecule has 0 aliphatic carbocycles. The fourth-order valence-electron chi connectivity index (χ4n) is 1.97. The zero-order valence-corrected chi connectivity index (χ0v) is 16.3. The lowest BCUT2D eigenvalue weighted by atomic mass is 9.98. The second-order valence-corrected chi connectivity index (χ2v) is 9.30. The smallest absolute Gasteiger partial charge is 0.267 e. The monoisotopic (exact) mass is 383 g/mol. The van der Waals surface area contributed by atoms with Crippen LogP contribution in [0.4, 0.5) is 11.4 Å². The quantitative estimate of drug-likeness (QED) is 0.827. The second-order valence-electron chi connectivity index (χ2n) is 6.52. The van der Waals surface area contributed by atoms with Gasteiger partial charge in [0.25, 0.3) is 5.91 Å². The highest BCUT2D eigenvalue weighted by Gasteiger charge is 2.20. The van der Waals surface area contributed by atoms with Gasteiger partial charge >= 0.3 is 0 Å². The van der Waals surface area contributed by atoms with Crippen molar-refractivity contribution in [1.82, 2.24) is 4.98 Å². The molecular weight excluding hydrogens is 362 g/mol. The molecule has 2 aromatic rings. The summed E-state index contributed by atoms with van der Waals surface area (Å²) in [5.74, 6) is 0.0294. The largest absolute Gasteiger partial charge is 0.494 e. The van der Waals surface area contributed by atoms with E-state index in [1.165, 1.54) is 24.5 Å². The number of anilines is 2. The van der Waals surface area contributed by atoms with E-state index in [0.717, 1.165) is 11.3 Å². The molecule has 0 unspecified atom stereocenters. The highest BCUT2D eigenvalue weighted by Crippen LogP contribution is 2.30. The molecule has 2 N–H and O–H groups in total. The maximum absolute atomic E-state index is 12.4. The highest BCUT2D eigenvalue weighted by molar-refractivity contribution is 7.92. The number of carbonyl (C=O) groups excluding carboxylic acids is 1. The van der Waals surface area contributed by atoms with Crippen LogP contribution in [-0.4, -0.2) is 32.7 Å². The second kappa shape index (κ2) is 7.01. The molecule has 2 rings (SSSR count). The van der Waals surface area contributed by atoms with Gasteiger partial charge in [-0.1, -0.05) is 20.8 Å². The summed E-state index contributed by atoms with van der Waals surface area (Å²) in [4.78, 5) is 17.2. The van der Waals surface area contributed by atoms with Crippen molar-refractivity contribution in [1.29, 1.82) is 0 Å². The van der Waals surface area contributed by atoms with Gasteiger partial charge in [-0.25, -0.2) is 13.4 Å². The number of aromatic nitrogens is 1. The Balaban J connectivity index is 2.20. The molecule has 136 valence electrons. The molecule has 0 aliphatic rings. The number of benzene rings is 1. The maximum atomic E-state index is 12.4. The van der Waals surface area contributed by atoms with Gasteiger partial charge in [-0.15, -0.1) is 11.3 Å². The molecule has 0 bridgehead atoms. The summed E-state index contributed by atoms with van der Waals surface area (Å²) in [5, 5.41) is 3.64. The Hall–Kier alpha value is -2.13. The standard InChI is InChI=1S/C16H21N3O4S2/c1-16(2,3)15-17-9-13(24-15)14(20)18-10-6-7-11(12(8-10)23-4)19-25(5,21)22/h6-9,19H,1-5H3,(H,18,20). The van der Waals surface area contributed by atoms with Crippen LogP contribution in [0.3, 0.4) is 0 Å². The lowest BCUT2D eigenvalue weighted by Gasteiger charge is -2.13. The fraction of sp³-hybridized carbons (Fsp3) is 0.375. The molecule has 9 heteroatoms. The summed E-state index contributed by atoms with van der Waals surface area (Å²) in [6.07, 6.45) is 2.61. The number of amides is 1. The summed E-state index contributed by atoms with van der Waals surface area (Å²) < 4.78 is 30.3. The molecule has 0 saturated heterocycles. The zero-order valence-electron chi connectivity index (χ0n) is 14.7. The van der Waals surface area contributed by atoms with Gasteiger partial charge in [0.05, 0.1) is 30.3 Å². The maximum Gasteiger partial charge on any atom is 0.267 e. The van der Waals surface area contributed by atoms with Crippen LogP contribution in [0.5, 0.6) is 5.75 Å².